The van der Waals surface area contributed by atoms with Crippen molar-refractivity contribution in [1.82, 2.24) is 20.6 Å². The number of hydrogen-bond acceptors (Lipinski definition) is 4. The van der Waals surface area contributed by atoms with E-state index in [1.165, 1.54) is 5.56 Å². The minimum Gasteiger partial charge on any atom is -0.488 e. The molecule has 0 bridgehead atoms. The summed E-state index contributed by atoms with van der Waals surface area (Å²) in [6.45, 7) is 7.75. The van der Waals surface area contributed by atoms with Gasteiger partial charge < -0.3 is 15.4 Å². The molecule has 0 aliphatic heterocycles. The number of rotatable bonds is 7. The first-order valence-electron chi connectivity index (χ1n) is 8.92. The summed E-state index contributed by atoms with van der Waals surface area (Å²) >= 11 is 0. The van der Waals surface area contributed by atoms with Gasteiger partial charge in [0.25, 0.3) is 0 Å². The van der Waals surface area contributed by atoms with E-state index in [-0.39, 0.29) is 22.6 Å². The molecule has 1 aromatic heterocycles. The van der Waals surface area contributed by atoms with E-state index in [0.717, 1.165) is 43.2 Å². The molecule has 6 nitrogen and oxygen atoms in total. The maximum atomic E-state index is 5.84. The predicted octanol–water partition coefficient (Wildman–Crippen LogP) is 3.18. The number of nitrogens with one attached hydrogen (secondary N) is 2. The van der Waals surface area contributed by atoms with Crippen LogP contribution in [0.25, 0.3) is 0 Å². The van der Waals surface area contributed by atoms with Crippen LogP contribution in [-0.4, -0.2) is 41.7 Å². The standard InChI is InChI=1S/C20H29N5O.BrH/c1-20(2,3)26-18-7-5-16(6-8-18)9-11-24-19(21-4)25-12-10-17-13-22-15-23-14-17;/h5-8,13-15H,9-12H2,1-4H3,(H2,21,24,25);1H. The Morgan fingerprint density at radius 1 is 0.963 bits per heavy atom. The third kappa shape index (κ3) is 9.38. The van der Waals surface area contributed by atoms with E-state index in [1.807, 2.05) is 45.3 Å². The predicted molar refractivity (Wildman–Crippen MR) is 116 cm³/mol. The molecule has 0 fully saturated rings. The van der Waals surface area contributed by atoms with Crippen molar-refractivity contribution in [3.63, 3.8) is 0 Å². The van der Waals surface area contributed by atoms with Gasteiger partial charge in [-0.3, -0.25) is 4.99 Å². The Morgan fingerprint density at radius 3 is 2.04 bits per heavy atom. The Labute approximate surface area is 172 Å². The van der Waals surface area contributed by atoms with E-state index < -0.39 is 0 Å². The molecule has 0 radical (unpaired) electrons. The van der Waals surface area contributed by atoms with Gasteiger partial charge in [0.15, 0.2) is 5.96 Å². The van der Waals surface area contributed by atoms with E-state index in [1.54, 1.807) is 13.4 Å². The average Bonchev–Trinajstić information content (AvgIpc) is 2.61. The average molecular weight is 436 g/mol. The third-order valence-electron chi connectivity index (χ3n) is 3.60. The topological polar surface area (TPSA) is 71.4 Å². The van der Waals surface area contributed by atoms with Crippen LogP contribution in [0, 0.1) is 0 Å². The van der Waals surface area contributed by atoms with Crippen LogP contribution in [0.15, 0.2) is 48.0 Å². The molecule has 0 saturated carbocycles. The highest BCUT2D eigenvalue weighted by Crippen LogP contribution is 2.18. The fourth-order valence-corrected chi connectivity index (χ4v) is 2.41. The Balaban J connectivity index is 0.00000364. The summed E-state index contributed by atoms with van der Waals surface area (Å²) < 4.78 is 5.84. The number of aliphatic imine (C=N–C) groups is 1. The summed E-state index contributed by atoms with van der Waals surface area (Å²) in [4.78, 5) is 12.3. The molecule has 7 heteroatoms. The number of aromatic nitrogens is 2. The van der Waals surface area contributed by atoms with Gasteiger partial charge in [-0.05, 0) is 56.9 Å². The molecule has 0 amide bonds. The van der Waals surface area contributed by atoms with Gasteiger partial charge in [-0.25, -0.2) is 9.97 Å². The molecule has 2 aromatic rings. The van der Waals surface area contributed by atoms with Gasteiger partial charge in [0.2, 0.25) is 0 Å². The number of nitrogens with zero attached hydrogens (tertiary/aromatic N) is 3. The van der Waals surface area contributed by atoms with Crippen molar-refractivity contribution in [2.75, 3.05) is 20.1 Å². The Morgan fingerprint density at radius 2 is 1.52 bits per heavy atom. The molecule has 0 spiro atoms. The smallest absolute Gasteiger partial charge is 0.190 e. The number of halogens is 1. The minimum atomic E-state index is -0.174. The van der Waals surface area contributed by atoms with Crippen molar-refractivity contribution in [2.45, 2.75) is 39.2 Å². The van der Waals surface area contributed by atoms with Crippen LogP contribution in [0.3, 0.4) is 0 Å². The highest BCUT2D eigenvalue weighted by Gasteiger charge is 2.11. The van der Waals surface area contributed by atoms with Crippen LogP contribution in [0.2, 0.25) is 0 Å². The zero-order chi connectivity index (χ0) is 18.8. The molecule has 1 heterocycles. The number of hydrogen-bond donors (Lipinski definition) is 2. The normalized spacial score (nSPS) is 11.5. The molecule has 0 atom stereocenters. The van der Waals surface area contributed by atoms with Crippen LogP contribution < -0.4 is 15.4 Å². The van der Waals surface area contributed by atoms with Crippen LogP contribution >= 0.6 is 17.0 Å². The van der Waals surface area contributed by atoms with Gasteiger partial charge in [0.1, 0.15) is 17.7 Å². The Hall–Kier alpha value is -2.15. The molecule has 2 rings (SSSR count). The summed E-state index contributed by atoms with van der Waals surface area (Å²) in [5.41, 5.74) is 2.19. The lowest BCUT2D eigenvalue weighted by Gasteiger charge is -2.21. The van der Waals surface area contributed by atoms with Crippen LogP contribution in [-0.2, 0) is 12.8 Å². The van der Waals surface area contributed by atoms with Crippen molar-refractivity contribution >= 4 is 22.9 Å². The molecule has 148 valence electrons. The maximum Gasteiger partial charge on any atom is 0.190 e. The third-order valence-corrected chi connectivity index (χ3v) is 3.60. The Bertz CT molecular complexity index is 684. The fourth-order valence-electron chi connectivity index (χ4n) is 2.41. The van der Waals surface area contributed by atoms with Crippen LogP contribution in [0.1, 0.15) is 31.9 Å². The first kappa shape index (κ1) is 22.9. The molecule has 0 aliphatic rings. The summed E-state index contributed by atoms with van der Waals surface area (Å²) in [7, 11) is 1.78. The lowest BCUT2D eigenvalue weighted by atomic mass is 10.1. The minimum absolute atomic E-state index is 0. The molecule has 1 aromatic carbocycles. The van der Waals surface area contributed by atoms with E-state index in [0.29, 0.717) is 0 Å². The van der Waals surface area contributed by atoms with E-state index in [4.69, 9.17) is 4.74 Å². The highest BCUT2D eigenvalue weighted by atomic mass is 79.9. The highest BCUT2D eigenvalue weighted by molar-refractivity contribution is 8.93. The first-order chi connectivity index (χ1) is 12.5. The molecule has 0 aliphatic carbocycles. The van der Waals surface area contributed by atoms with E-state index in [9.17, 15) is 0 Å². The first-order valence-corrected chi connectivity index (χ1v) is 8.92. The van der Waals surface area contributed by atoms with E-state index >= 15 is 0 Å². The SMILES string of the molecule is Br.CN=C(NCCc1ccc(OC(C)(C)C)cc1)NCCc1cncnc1. The van der Waals surface area contributed by atoms with Crippen LogP contribution in [0.5, 0.6) is 5.75 Å². The quantitative estimate of drug-likeness (QED) is 0.515. The molecular formula is C20H30BrN5O. The monoisotopic (exact) mass is 435 g/mol. The summed E-state index contributed by atoms with van der Waals surface area (Å²) in [5, 5.41) is 6.64. The zero-order valence-corrected chi connectivity index (χ0v) is 18.2. The second-order valence-corrected chi connectivity index (χ2v) is 7.03. The maximum absolute atomic E-state index is 5.84. The molecule has 27 heavy (non-hydrogen) atoms. The number of benzene rings is 1. The Kier molecular flexibility index (Phi) is 9.78. The lowest BCUT2D eigenvalue weighted by Crippen LogP contribution is -2.39. The van der Waals surface area contributed by atoms with Crippen molar-refractivity contribution in [1.29, 1.82) is 0 Å². The van der Waals surface area contributed by atoms with Crippen molar-refractivity contribution < 1.29 is 4.74 Å². The largest absolute Gasteiger partial charge is 0.488 e. The second kappa shape index (κ2) is 11.5. The van der Waals surface area contributed by atoms with Crippen molar-refractivity contribution in [3.8, 4) is 5.75 Å². The van der Waals surface area contributed by atoms with E-state index in [2.05, 4.69) is 37.7 Å². The van der Waals surface area contributed by atoms with Gasteiger partial charge in [-0.1, -0.05) is 12.1 Å². The van der Waals surface area contributed by atoms with Gasteiger partial charge in [0.05, 0.1) is 0 Å². The molecule has 0 saturated heterocycles. The van der Waals surface area contributed by atoms with Crippen LogP contribution in [0.4, 0.5) is 0 Å². The lowest BCUT2D eigenvalue weighted by molar-refractivity contribution is 0.131. The fraction of sp³-hybridized carbons (Fsp3) is 0.450. The van der Waals surface area contributed by atoms with Gasteiger partial charge in [0, 0.05) is 32.5 Å². The van der Waals surface area contributed by atoms with Gasteiger partial charge >= 0.3 is 0 Å². The van der Waals surface area contributed by atoms with Gasteiger partial charge in [-0.15, -0.1) is 17.0 Å². The summed E-state index contributed by atoms with van der Waals surface area (Å²) in [5.74, 6) is 1.70. The summed E-state index contributed by atoms with van der Waals surface area (Å²) in [6.07, 6.45) is 6.98. The second-order valence-electron chi connectivity index (χ2n) is 7.03. The molecule has 0 unspecified atom stereocenters. The zero-order valence-electron chi connectivity index (χ0n) is 16.5. The molecule has 2 N–H and O–H groups in total. The summed E-state index contributed by atoms with van der Waals surface area (Å²) in [6, 6.07) is 8.26. The number of ether oxygens (including phenoxy) is 1. The molecular weight excluding hydrogens is 406 g/mol. The number of guanidine groups is 1. The van der Waals surface area contributed by atoms with Crippen molar-refractivity contribution in [2.24, 2.45) is 4.99 Å². The van der Waals surface area contributed by atoms with Gasteiger partial charge in [-0.2, -0.15) is 0 Å². The van der Waals surface area contributed by atoms with Crippen molar-refractivity contribution in [3.05, 3.63) is 54.1 Å².